The molecule has 4 nitrogen and oxygen atoms in total. The van der Waals surface area contributed by atoms with E-state index in [2.05, 4.69) is 4.98 Å². The molecule has 90 valence electrons. The second-order valence-electron chi connectivity index (χ2n) is 4.34. The number of nitrogens with zero attached hydrogens (tertiary/aromatic N) is 2. The summed E-state index contributed by atoms with van der Waals surface area (Å²) >= 11 is 0. The fraction of sp³-hybridized carbons (Fsp3) is 0.500. The smallest absolute Gasteiger partial charge is 0.157 e. The van der Waals surface area contributed by atoms with Crippen molar-refractivity contribution in [2.24, 2.45) is 0 Å². The second kappa shape index (κ2) is 4.84. The Kier molecular flexibility index (Phi) is 3.43. The zero-order chi connectivity index (χ0) is 12.3. The predicted octanol–water partition coefficient (Wildman–Crippen LogP) is 1.81. The number of nitriles is 1. The third-order valence-corrected chi connectivity index (χ3v) is 5.36. The Morgan fingerprint density at radius 2 is 2.12 bits per heavy atom. The maximum absolute atomic E-state index is 12.1. The van der Waals surface area contributed by atoms with E-state index in [9.17, 15) is 8.42 Å². The molecule has 0 N–H and O–H groups in total. The highest BCUT2D eigenvalue weighted by atomic mass is 32.2. The molecule has 1 aromatic rings. The van der Waals surface area contributed by atoms with Gasteiger partial charge in [-0.15, -0.1) is 0 Å². The molecule has 0 unspecified atom stereocenters. The van der Waals surface area contributed by atoms with Gasteiger partial charge in [-0.2, -0.15) is 5.26 Å². The molecule has 1 fully saturated rings. The van der Waals surface area contributed by atoms with E-state index in [1.165, 1.54) is 6.20 Å². The van der Waals surface area contributed by atoms with Crippen LogP contribution >= 0.6 is 0 Å². The summed E-state index contributed by atoms with van der Waals surface area (Å²) in [5, 5.41) is 8.65. The van der Waals surface area contributed by atoms with Crippen molar-refractivity contribution in [3.8, 4) is 6.07 Å². The Bertz CT molecular complexity index is 540. The number of hydrogen-bond acceptors (Lipinski definition) is 4. The number of aromatic nitrogens is 1. The van der Waals surface area contributed by atoms with Crippen molar-refractivity contribution in [3.05, 3.63) is 29.6 Å². The molecule has 1 aromatic heterocycles. The van der Waals surface area contributed by atoms with Crippen LogP contribution in [0, 0.1) is 11.3 Å². The summed E-state index contributed by atoms with van der Waals surface area (Å²) < 4.78 is 24.3. The standard InChI is InChI=1S/C12H14N2O2S/c13-8-12-10(4-3-7-14-12)9-17(15,16)11-5-1-2-6-11/h3-4,7,11H,1-2,5-6,9H2. The van der Waals surface area contributed by atoms with Crippen LogP contribution in [-0.2, 0) is 15.6 Å². The topological polar surface area (TPSA) is 70.8 Å². The van der Waals surface area contributed by atoms with Gasteiger partial charge in [-0.3, -0.25) is 0 Å². The van der Waals surface area contributed by atoms with E-state index in [4.69, 9.17) is 5.26 Å². The summed E-state index contributed by atoms with van der Waals surface area (Å²) in [7, 11) is -3.14. The molecule has 0 atom stereocenters. The lowest BCUT2D eigenvalue weighted by Gasteiger charge is -2.11. The predicted molar refractivity (Wildman–Crippen MR) is 63.8 cm³/mol. The van der Waals surface area contributed by atoms with Gasteiger partial charge < -0.3 is 0 Å². The van der Waals surface area contributed by atoms with Crippen LogP contribution in [0.1, 0.15) is 36.9 Å². The molecule has 0 radical (unpaired) electrons. The third kappa shape index (κ3) is 2.64. The van der Waals surface area contributed by atoms with Gasteiger partial charge in [0.05, 0.1) is 11.0 Å². The Balaban J connectivity index is 2.23. The van der Waals surface area contributed by atoms with Crippen molar-refractivity contribution >= 4 is 9.84 Å². The maximum Gasteiger partial charge on any atom is 0.157 e. The molecular formula is C12H14N2O2S. The Morgan fingerprint density at radius 1 is 1.41 bits per heavy atom. The Hall–Kier alpha value is -1.41. The number of sulfone groups is 1. The van der Waals surface area contributed by atoms with Crippen LogP contribution in [-0.4, -0.2) is 18.7 Å². The van der Waals surface area contributed by atoms with Crippen LogP contribution in [0.25, 0.3) is 0 Å². The first kappa shape index (κ1) is 12.1. The van der Waals surface area contributed by atoms with Crippen LogP contribution in [0.2, 0.25) is 0 Å². The lowest BCUT2D eigenvalue weighted by atomic mass is 10.2. The number of rotatable bonds is 3. The van der Waals surface area contributed by atoms with Gasteiger partial charge in [-0.25, -0.2) is 13.4 Å². The van der Waals surface area contributed by atoms with Gasteiger partial charge in [0.2, 0.25) is 0 Å². The van der Waals surface area contributed by atoms with Gasteiger partial charge in [-0.1, -0.05) is 18.9 Å². The van der Waals surface area contributed by atoms with Crippen molar-refractivity contribution in [1.29, 1.82) is 5.26 Å². The van der Waals surface area contributed by atoms with E-state index in [0.717, 1.165) is 25.7 Å². The number of pyridine rings is 1. The van der Waals surface area contributed by atoms with E-state index in [1.54, 1.807) is 12.1 Å². The van der Waals surface area contributed by atoms with Gasteiger partial charge in [0.1, 0.15) is 11.8 Å². The summed E-state index contributed by atoms with van der Waals surface area (Å²) in [5.74, 6) is -0.0611. The zero-order valence-electron chi connectivity index (χ0n) is 9.46. The molecule has 0 aliphatic heterocycles. The van der Waals surface area contributed by atoms with Gasteiger partial charge in [0.25, 0.3) is 0 Å². The molecule has 1 heterocycles. The van der Waals surface area contributed by atoms with E-state index >= 15 is 0 Å². The molecule has 0 amide bonds. The van der Waals surface area contributed by atoms with Gasteiger partial charge in [0, 0.05) is 11.8 Å². The van der Waals surface area contributed by atoms with Gasteiger partial charge in [0.15, 0.2) is 9.84 Å². The molecule has 0 aromatic carbocycles. The normalized spacial score (nSPS) is 16.9. The average molecular weight is 250 g/mol. The lowest BCUT2D eigenvalue weighted by Crippen LogP contribution is -2.20. The molecule has 1 aliphatic rings. The molecule has 0 bridgehead atoms. The summed E-state index contributed by atoms with van der Waals surface area (Å²) in [6.07, 6.45) is 4.99. The van der Waals surface area contributed by atoms with Crippen molar-refractivity contribution in [2.45, 2.75) is 36.7 Å². The third-order valence-electron chi connectivity index (χ3n) is 3.16. The molecule has 0 spiro atoms. The van der Waals surface area contributed by atoms with Gasteiger partial charge >= 0.3 is 0 Å². The molecule has 2 rings (SSSR count). The minimum atomic E-state index is -3.14. The van der Waals surface area contributed by atoms with Crippen molar-refractivity contribution in [3.63, 3.8) is 0 Å². The fourth-order valence-electron chi connectivity index (χ4n) is 2.24. The minimum absolute atomic E-state index is 0.0611. The van der Waals surface area contributed by atoms with Crippen molar-refractivity contribution in [1.82, 2.24) is 4.98 Å². The molecule has 1 aliphatic carbocycles. The molecule has 0 saturated heterocycles. The Labute approximate surface area is 101 Å². The minimum Gasteiger partial charge on any atom is -0.245 e. The fourth-order valence-corrected chi connectivity index (χ4v) is 4.19. The monoisotopic (exact) mass is 250 g/mol. The highest BCUT2D eigenvalue weighted by molar-refractivity contribution is 7.91. The SMILES string of the molecule is N#Cc1ncccc1CS(=O)(=O)C1CCCC1. The number of hydrogen-bond donors (Lipinski definition) is 0. The maximum atomic E-state index is 12.1. The Morgan fingerprint density at radius 3 is 2.76 bits per heavy atom. The molecule has 1 saturated carbocycles. The largest absolute Gasteiger partial charge is 0.245 e. The van der Waals surface area contributed by atoms with Crippen molar-refractivity contribution in [2.75, 3.05) is 0 Å². The average Bonchev–Trinajstić information content (AvgIpc) is 2.83. The van der Waals surface area contributed by atoms with Crippen molar-refractivity contribution < 1.29 is 8.42 Å². The summed E-state index contributed by atoms with van der Waals surface area (Å²) in [4.78, 5) is 3.88. The molecule has 17 heavy (non-hydrogen) atoms. The first-order chi connectivity index (χ1) is 8.13. The highest BCUT2D eigenvalue weighted by Crippen LogP contribution is 2.27. The summed E-state index contributed by atoms with van der Waals surface area (Å²) in [6.45, 7) is 0. The van der Waals surface area contributed by atoms with Crippen LogP contribution in [0.4, 0.5) is 0 Å². The van der Waals surface area contributed by atoms with Crippen LogP contribution in [0.5, 0.6) is 0 Å². The second-order valence-corrected chi connectivity index (χ2v) is 6.62. The van der Waals surface area contributed by atoms with E-state index in [0.29, 0.717) is 5.56 Å². The van der Waals surface area contributed by atoms with E-state index in [-0.39, 0.29) is 16.7 Å². The summed E-state index contributed by atoms with van der Waals surface area (Å²) in [6, 6.07) is 5.26. The molecule has 5 heteroatoms. The quantitative estimate of drug-likeness (QED) is 0.820. The van der Waals surface area contributed by atoms with Gasteiger partial charge in [-0.05, 0) is 18.9 Å². The van der Waals surface area contributed by atoms with Crippen LogP contribution < -0.4 is 0 Å². The molecular weight excluding hydrogens is 236 g/mol. The van der Waals surface area contributed by atoms with E-state index < -0.39 is 9.84 Å². The van der Waals surface area contributed by atoms with Crippen LogP contribution in [0.15, 0.2) is 18.3 Å². The first-order valence-electron chi connectivity index (χ1n) is 5.69. The lowest BCUT2D eigenvalue weighted by molar-refractivity contribution is 0.578. The highest BCUT2D eigenvalue weighted by Gasteiger charge is 2.29. The van der Waals surface area contributed by atoms with E-state index in [1.807, 2.05) is 6.07 Å². The summed E-state index contributed by atoms with van der Waals surface area (Å²) in [5.41, 5.74) is 0.732. The zero-order valence-corrected chi connectivity index (χ0v) is 10.3. The first-order valence-corrected chi connectivity index (χ1v) is 7.40. The van der Waals surface area contributed by atoms with Crippen LogP contribution in [0.3, 0.4) is 0 Å².